The van der Waals surface area contributed by atoms with E-state index in [9.17, 15) is 8.42 Å². The number of hydrogen-bond acceptors (Lipinski definition) is 6. The molecule has 0 saturated carbocycles. The highest BCUT2D eigenvalue weighted by molar-refractivity contribution is 7.89. The average molecular weight is 371 g/mol. The molecular weight excluding hydrogens is 354 g/mol. The molecule has 0 amide bonds. The Balaban J connectivity index is 1.58. The lowest BCUT2D eigenvalue weighted by molar-refractivity contribution is 0.374. The highest BCUT2D eigenvalue weighted by Crippen LogP contribution is 2.22. The SMILES string of the molecule is Cc1noc(C)c1S(=O)(=O)NCC#CCOc1cccc2cccnc12. The molecule has 1 aromatic carbocycles. The van der Waals surface area contributed by atoms with Crippen LogP contribution >= 0.6 is 0 Å². The second kappa shape index (κ2) is 7.56. The predicted octanol–water partition coefficient (Wildman–Crippen LogP) is 2.20. The Labute approximate surface area is 151 Å². The molecule has 7 nitrogen and oxygen atoms in total. The van der Waals surface area contributed by atoms with E-state index < -0.39 is 10.0 Å². The van der Waals surface area contributed by atoms with Gasteiger partial charge in [-0.1, -0.05) is 35.2 Å². The van der Waals surface area contributed by atoms with Crippen molar-refractivity contribution < 1.29 is 17.7 Å². The minimum atomic E-state index is -3.71. The third-order valence-corrected chi connectivity index (χ3v) is 5.25. The van der Waals surface area contributed by atoms with Crippen LogP contribution in [0.4, 0.5) is 0 Å². The summed E-state index contributed by atoms with van der Waals surface area (Å²) in [6.45, 7) is 3.21. The van der Waals surface area contributed by atoms with Gasteiger partial charge in [0.05, 0.1) is 6.54 Å². The number of sulfonamides is 1. The average Bonchev–Trinajstić information content (AvgIpc) is 2.97. The minimum absolute atomic E-state index is 0.0382. The molecule has 26 heavy (non-hydrogen) atoms. The molecule has 0 bridgehead atoms. The van der Waals surface area contributed by atoms with Crippen LogP contribution < -0.4 is 9.46 Å². The molecule has 2 heterocycles. The highest BCUT2D eigenvalue weighted by atomic mass is 32.2. The molecule has 3 aromatic rings. The first-order valence-electron chi connectivity index (χ1n) is 7.84. The quantitative estimate of drug-likeness (QED) is 0.691. The van der Waals surface area contributed by atoms with Crippen molar-refractivity contribution in [2.24, 2.45) is 0 Å². The molecular formula is C18H17N3O4S. The van der Waals surface area contributed by atoms with Gasteiger partial charge in [-0.2, -0.15) is 4.72 Å². The topological polar surface area (TPSA) is 94.3 Å². The second-order valence-electron chi connectivity index (χ2n) is 5.45. The maximum atomic E-state index is 12.2. The predicted molar refractivity (Wildman–Crippen MR) is 96.2 cm³/mol. The number of aryl methyl sites for hydroxylation is 2. The Bertz CT molecular complexity index is 1070. The summed E-state index contributed by atoms with van der Waals surface area (Å²) in [5.74, 6) is 6.38. The molecule has 0 unspecified atom stereocenters. The lowest BCUT2D eigenvalue weighted by atomic mass is 10.2. The molecule has 8 heteroatoms. The van der Waals surface area contributed by atoms with Gasteiger partial charge in [0.15, 0.2) is 5.76 Å². The van der Waals surface area contributed by atoms with Crippen molar-refractivity contribution in [1.82, 2.24) is 14.9 Å². The van der Waals surface area contributed by atoms with Crippen LogP contribution in [0.2, 0.25) is 0 Å². The molecule has 0 aliphatic rings. The summed E-state index contributed by atoms with van der Waals surface area (Å²) in [5.41, 5.74) is 1.07. The number of nitrogens with one attached hydrogen (secondary N) is 1. The van der Waals surface area contributed by atoms with Gasteiger partial charge in [-0.25, -0.2) is 8.42 Å². The Morgan fingerprint density at radius 1 is 1.19 bits per heavy atom. The zero-order valence-electron chi connectivity index (χ0n) is 14.3. The Morgan fingerprint density at radius 2 is 2.00 bits per heavy atom. The second-order valence-corrected chi connectivity index (χ2v) is 7.16. The summed E-state index contributed by atoms with van der Waals surface area (Å²) in [6.07, 6.45) is 1.70. The van der Waals surface area contributed by atoms with E-state index >= 15 is 0 Å². The van der Waals surface area contributed by atoms with Crippen LogP contribution in [-0.4, -0.2) is 31.7 Å². The standard InChI is InChI=1S/C18H17N3O4S/c1-13-18(14(2)25-21-13)26(22,23)20-11-3-4-12-24-16-9-5-7-15-8-6-10-19-17(15)16/h5-10,20H,11-12H2,1-2H3. The fourth-order valence-electron chi connectivity index (χ4n) is 2.48. The largest absolute Gasteiger partial charge is 0.479 e. The third-order valence-electron chi connectivity index (χ3n) is 3.61. The number of pyridine rings is 1. The molecule has 134 valence electrons. The van der Waals surface area contributed by atoms with Crippen LogP contribution in [0.15, 0.2) is 45.9 Å². The third kappa shape index (κ3) is 3.85. The summed E-state index contributed by atoms with van der Waals surface area (Å²) in [4.78, 5) is 4.35. The Kier molecular flexibility index (Phi) is 5.21. The number of nitrogens with zero attached hydrogens (tertiary/aromatic N) is 2. The zero-order chi connectivity index (χ0) is 18.6. The fraction of sp³-hybridized carbons (Fsp3) is 0.222. The molecule has 0 aliphatic carbocycles. The smallest absolute Gasteiger partial charge is 0.246 e. The van der Waals surface area contributed by atoms with Crippen molar-refractivity contribution >= 4 is 20.9 Å². The van der Waals surface area contributed by atoms with Gasteiger partial charge in [0.1, 0.15) is 28.5 Å². The molecule has 1 N–H and O–H groups in total. The lowest BCUT2D eigenvalue weighted by Crippen LogP contribution is -2.25. The number of ether oxygens (including phenoxy) is 1. The van der Waals surface area contributed by atoms with Gasteiger partial charge in [-0.05, 0) is 26.0 Å². The lowest BCUT2D eigenvalue weighted by Gasteiger charge is -2.05. The fourth-order valence-corrected chi connectivity index (χ4v) is 3.73. The molecule has 0 aliphatic heterocycles. The van der Waals surface area contributed by atoms with E-state index in [0.29, 0.717) is 11.4 Å². The van der Waals surface area contributed by atoms with E-state index in [2.05, 4.69) is 26.7 Å². The van der Waals surface area contributed by atoms with Gasteiger partial charge in [0.2, 0.25) is 10.0 Å². The van der Waals surface area contributed by atoms with Crippen molar-refractivity contribution in [2.45, 2.75) is 18.7 Å². The van der Waals surface area contributed by atoms with Crippen molar-refractivity contribution in [1.29, 1.82) is 0 Å². The maximum Gasteiger partial charge on any atom is 0.246 e. The van der Waals surface area contributed by atoms with E-state index in [4.69, 9.17) is 9.26 Å². The van der Waals surface area contributed by atoms with Crippen molar-refractivity contribution in [3.8, 4) is 17.6 Å². The van der Waals surface area contributed by atoms with Crippen LogP contribution in [0.1, 0.15) is 11.5 Å². The summed E-state index contributed by atoms with van der Waals surface area (Å²) >= 11 is 0. The summed E-state index contributed by atoms with van der Waals surface area (Å²) in [5, 5.41) is 4.62. The van der Waals surface area contributed by atoms with Gasteiger partial charge < -0.3 is 9.26 Å². The number of benzene rings is 1. The van der Waals surface area contributed by atoms with Gasteiger partial charge in [-0.3, -0.25) is 4.98 Å². The number of aromatic nitrogens is 2. The first-order valence-corrected chi connectivity index (χ1v) is 9.32. The molecule has 0 fully saturated rings. The van der Waals surface area contributed by atoms with Crippen LogP contribution in [0.5, 0.6) is 5.75 Å². The van der Waals surface area contributed by atoms with Crippen LogP contribution in [0.3, 0.4) is 0 Å². The van der Waals surface area contributed by atoms with Crippen LogP contribution in [0, 0.1) is 25.7 Å². The van der Waals surface area contributed by atoms with Crippen LogP contribution in [-0.2, 0) is 10.0 Å². The minimum Gasteiger partial charge on any atom is -0.479 e. The van der Waals surface area contributed by atoms with Gasteiger partial charge in [-0.15, -0.1) is 0 Å². The first-order chi connectivity index (χ1) is 12.5. The molecule has 0 saturated heterocycles. The normalized spacial score (nSPS) is 11.2. The summed E-state index contributed by atoms with van der Waals surface area (Å²) < 4.78 is 37.3. The van der Waals surface area contributed by atoms with Crippen molar-refractivity contribution in [2.75, 3.05) is 13.2 Å². The number of hydrogen-bond donors (Lipinski definition) is 1. The first kappa shape index (κ1) is 17.9. The van der Waals surface area contributed by atoms with Gasteiger partial charge in [0.25, 0.3) is 0 Å². The number of rotatable bonds is 5. The maximum absolute atomic E-state index is 12.2. The molecule has 0 atom stereocenters. The Hall–Kier alpha value is -2.89. The molecule has 0 spiro atoms. The molecule has 2 aromatic heterocycles. The zero-order valence-corrected chi connectivity index (χ0v) is 15.1. The van der Waals surface area contributed by atoms with Crippen LogP contribution in [0.25, 0.3) is 10.9 Å². The monoisotopic (exact) mass is 371 g/mol. The van der Waals surface area contributed by atoms with E-state index in [0.717, 1.165) is 10.9 Å². The molecule has 0 radical (unpaired) electrons. The van der Waals surface area contributed by atoms with E-state index in [1.54, 1.807) is 20.0 Å². The van der Waals surface area contributed by atoms with E-state index in [1.165, 1.54) is 0 Å². The van der Waals surface area contributed by atoms with E-state index in [1.807, 2.05) is 30.3 Å². The number of fused-ring (bicyclic) bond motifs is 1. The summed E-state index contributed by atoms with van der Waals surface area (Å²) in [6, 6.07) is 9.45. The highest BCUT2D eigenvalue weighted by Gasteiger charge is 2.23. The number of para-hydroxylation sites is 1. The Morgan fingerprint density at radius 3 is 2.77 bits per heavy atom. The van der Waals surface area contributed by atoms with Crippen molar-refractivity contribution in [3.63, 3.8) is 0 Å². The van der Waals surface area contributed by atoms with Gasteiger partial charge in [0, 0.05) is 11.6 Å². The van der Waals surface area contributed by atoms with E-state index in [-0.39, 0.29) is 23.8 Å². The summed E-state index contributed by atoms with van der Waals surface area (Å²) in [7, 11) is -3.71. The van der Waals surface area contributed by atoms with Gasteiger partial charge >= 0.3 is 0 Å². The molecule has 3 rings (SSSR count). The van der Waals surface area contributed by atoms with Crippen molar-refractivity contribution in [3.05, 3.63) is 48.0 Å².